The van der Waals surface area contributed by atoms with Gasteiger partial charge in [-0.25, -0.2) is 9.37 Å². The zero-order chi connectivity index (χ0) is 16.6. The van der Waals surface area contributed by atoms with Crippen molar-refractivity contribution in [1.29, 1.82) is 0 Å². The van der Waals surface area contributed by atoms with Crippen LogP contribution in [0, 0.1) is 18.7 Å². The highest BCUT2D eigenvalue weighted by atomic mass is 32.1. The van der Waals surface area contributed by atoms with Crippen molar-refractivity contribution < 1.29 is 9.18 Å². The van der Waals surface area contributed by atoms with E-state index in [-0.39, 0.29) is 17.8 Å². The van der Waals surface area contributed by atoms with E-state index in [0.717, 1.165) is 34.8 Å². The number of halogens is 1. The quantitative estimate of drug-likeness (QED) is 0.810. The maximum atomic E-state index is 13.2. The predicted octanol–water partition coefficient (Wildman–Crippen LogP) is 4.52. The van der Waals surface area contributed by atoms with E-state index in [1.807, 2.05) is 11.8 Å². The number of benzene rings is 1. The van der Waals surface area contributed by atoms with Gasteiger partial charge in [0, 0.05) is 12.6 Å². The van der Waals surface area contributed by atoms with Crippen LogP contribution in [0.3, 0.4) is 0 Å². The number of aryl methyl sites for hydroxylation is 1. The van der Waals surface area contributed by atoms with Gasteiger partial charge < -0.3 is 4.90 Å². The maximum absolute atomic E-state index is 13.2. The highest BCUT2D eigenvalue weighted by molar-refractivity contribution is 7.15. The molecule has 1 aromatic carbocycles. The lowest BCUT2D eigenvalue weighted by atomic mass is 9.92. The lowest BCUT2D eigenvalue weighted by Gasteiger charge is -2.37. The number of carbonyl (C=O) groups is 1. The van der Waals surface area contributed by atoms with Crippen LogP contribution in [-0.2, 0) is 0 Å². The maximum Gasteiger partial charge on any atom is 0.274 e. The van der Waals surface area contributed by atoms with E-state index in [4.69, 9.17) is 0 Å². The molecule has 2 unspecified atom stereocenters. The summed E-state index contributed by atoms with van der Waals surface area (Å²) < 4.78 is 13.2. The van der Waals surface area contributed by atoms with Gasteiger partial charge in [-0.1, -0.05) is 19.1 Å². The van der Waals surface area contributed by atoms with E-state index in [2.05, 4.69) is 18.8 Å². The van der Waals surface area contributed by atoms with Gasteiger partial charge in [0.25, 0.3) is 5.91 Å². The number of piperidine rings is 1. The molecular formula is C18H21FN2OS. The van der Waals surface area contributed by atoms with Gasteiger partial charge in [0.05, 0.1) is 9.88 Å². The van der Waals surface area contributed by atoms with E-state index in [1.54, 1.807) is 12.1 Å². The van der Waals surface area contributed by atoms with Crippen LogP contribution in [0.4, 0.5) is 4.39 Å². The monoisotopic (exact) mass is 332 g/mol. The minimum atomic E-state index is -0.277. The summed E-state index contributed by atoms with van der Waals surface area (Å²) in [5.41, 5.74) is 1.35. The molecule has 0 spiro atoms. The van der Waals surface area contributed by atoms with E-state index < -0.39 is 0 Å². The molecule has 0 radical (unpaired) electrons. The molecule has 1 aliphatic rings. The number of amides is 1. The fourth-order valence-electron chi connectivity index (χ4n) is 3.13. The van der Waals surface area contributed by atoms with Gasteiger partial charge >= 0.3 is 0 Å². The molecular weight excluding hydrogens is 311 g/mol. The summed E-state index contributed by atoms with van der Waals surface area (Å²) >= 11 is 1.49. The molecule has 1 aromatic heterocycles. The van der Waals surface area contributed by atoms with Crippen molar-refractivity contribution >= 4 is 17.2 Å². The summed E-state index contributed by atoms with van der Waals surface area (Å²) in [5.74, 6) is 0.218. The summed E-state index contributed by atoms with van der Waals surface area (Å²) in [6.07, 6.45) is 2.19. The van der Waals surface area contributed by atoms with Crippen LogP contribution in [0.15, 0.2) is 24.3 Å². The largest absolute Gasteiger partial charge is 0.334 e. The minimum Gasteiger partial charge on any atom is -0.334 e. The molecule has 0 N–H and O–H groups in total. The highest BCUT2D eigenvalue weighted by Gasteiger charge is 2.31. The van der Waals surface area contributed by atoms with Gasteiger partial charge in [-0.2, -0.15) is 0 Å². The Balaban J connectivity index is 1.96. The number of likely N-dealkylation sites (tertiary alicyclic amines) is 1. The molecule has 0 aliphatic carbocycles. The van der Waals surface area contributed by atoms with Crippen molar-refractivity contribution in [3.05, 3.63) is 40.8 Å². The molecule has 2 aromatic rings. The molecule has 122 valence electrons. The average Bonchev–Trinajstić information content (AvgIpc) is 2.92. The second-order valence-corrected chi connectivity index (χ2v) is 7.48. The van der Waals surface area contributed by atoms with Gasteiger partial charge in [-0.15, -0.1) is 11.3 Å². The van der Waals surface area contributed by atoms with Gasteiger partial charge in [0.15, 0.2) is 0 Å². The Morgan fingerprint density at radius 1 is 1.30 bits per heavy atom. The van der Waals surface area contributed by atoms with Crippen molar-refractivity contribution in [2.75, 3.05) is 6.54 Å². The standard InChI is InChI=1S/C18H21FN2OS/c1-11-5-4-10-21(12(11)2)18(22)16-17(23-13(3)20-16)14-6-8-15(19)9-7-14/h6-9,11-12H,4-5,10H2,1-3H3. The third kappa shape index (κ3) is 3.15. The Labute approximate surface area is 140 Å². The van der Waals surface area contributed by atoms with Crippen molar-refractivity contribution in [2.45, 2.75) is 39.7 Å². The Hall–Kier alpha value is -1.75. The molecule has 2 heterocycles. The summed E-state index contributed by atoms with van der Waals surface area (Å²) in [6, 6.07) is 6.48. The van der Waals surface area contributed by atoms with Crippen LogP contribution in [0.1, 0.15) is 42.2 Å². The van der Waals surface area contributed by atoms with E-state index in [9.17, 15) is 9.18 Å². The Bertz CT molecular complexity index is 710. The molecule has 3 rings (SSSR count). The van der Waals surface area contributed by atoms with Crippen molar-refractivity contribution in [1.82, 2.24) is 9.88 Å². The summed E-state index contributed by atoms with van der Waals surface area (Å²) in [6.45, 7) is 6.98. The van der Waals surface area contributed by atoms with Crippen LogP contribution >= 0.6 is 11.3 Å². The smallest absolute Gasteiger partial charge is 0.274 e. The Morgan fingerprint density at radius 2 is 2.00 bits per heavy atom. The number of aromatic nitrogens is 1. The topological polar surface area (TPSA) is 33.2 Å². The first-order valence-corrected chi connectivity index (χ1v) is 8.83. The molecule has 1 fully saturated rings. The molecule has 1 aliphatic heterocycles. The lowest BCUT2D eigenvalue weighted by molar-refractivity contribution is 0.0546. The fraction of sp³-hybridized carbons (Fsp3) is 0.444. The van der Waals surface area contributed by atoms with E-state index in [1.165, 1.54) is 23.5 Å². The first kappa shape index (κ1) is 16.1. The van der Waals surface area contributed by atoms with Crippen LogP contribution in [0.25, 0.3) is 10.4 Å². The van der Waals surface area contributed by atoms with Crippen molar-refractivity contribution in [3.63, 3.8) is 0 Å². The molecule has 2 atom stereocenters. The number of rotatable bonds is 2. The Kier molecular flexibility index (Phi) is 4.48. The number of carbonyl (C=O) groups excluding carboxylic acids is 1. The molecule has 0 saturated carbocycles. The third-order valence-electron chi connectivity index (χ3n) is 4.68. The summed E-state index contributed by atoms with van der Waals surface area (Å²) in [7, 11) is 0. The molecule has 3 nitrogen and oxygen atoms in total. The Morgan fingerprint density at radius 3 is 2.70 bits per heavy atom. The summed E-state index contributed by atoms with van der Waals surface area (Å²) in [4.78, 5) is 20.3. The van der Waals surface area contributed by atoms with Crippen LogP contribution in [0.2, 0.25) is 0 Å². The van der Waals surface area contributed by atoms with Gasteiger partial charge in [0.2, 0.25) is 0 Å². The predicted molar refractivity (Wildman–Crippen MR) is 91.1 cm³/mol. The van der Waals surface area contributed by atoms with Gasteiger partial charge in [-0.3, -0.25) is 4.79 Å². The zero-order valence-corrected chi connectivity index (χ0v) is 14.5. The SMILES string of the molecule is Cc1nc(C(=O)N2CCCC(C)C2C)c(-c2ccc(F)cc2)s1. The third-order valence-corrected chi connectivity index (χ3v) is 5.70. The van der Waals surface area contributed by atoms with E-state index in [0.29, 0.717) is 11.6 Å². The fourth-order valence-corrected chi connectivity index (χ4v) is 4.04. The second-order valence-electron chi connectivity index (χ2n) is 6.28. The van der Waals surface area contributed by atoms with Crippen molar-refractivity contribution in [2.24, 2.45) is 5.92 Å². The van der Waals surface area contributed by atoms with Crippen LogP contribution in [0.5, 0.6) is 0 Å². The molecule has 5 heteroatoms. The van der Waals surface area contributed by atoms with Gasteiger partial charge in [-0.05, 0) is 50.3 Å². The first-order valence-electron chi connectivity index (χ1n) is 8.01. The normalized spacial score (nSPS) is 21.5. The van der Waals surface area contributed by atoms with Gasteiger partial charge in [0.1, 0.15) is 11.5 Å². The zero-order valence-electron chi connectivity index (χ0n) is 13.7. The molecule has 1 saturated heterocycles. The lowest BCUT2D eigenvalue weighted by Crippen LogP contribution is -2.46. The second kappa shape index (κ2) is 6.40. The first-order chi connectivity index (χ1) is 11.0. The molecule has 0 bridgehead atoms. The summed E-state index contributed by atoms with van der Waals surface area (Å²) in [5, 5.41) is 0.852. The van der Waals surface area contributed by atoms with Crippen molar-refractivity contribution in [3.8, 4) is 10.4 Å². The van der Waals surface area contributed by atoms with Crippen LogP contribution in [-0.4, -0.2) is 28.4 Å². The minimum absolute atomic E-state index is 0.00674. The van der Waals surface area contributed by atoms with Crippen LogP contribution < -0.4 is 0 Å². The number of hydrogen-bond acceptors (Lipinski definition) is 3. The van der Waals surface area contributed by atoms with E-state index >= 15 is 0 Å². The average molecular weight is 332 g/mol. The number of nitrogens with zero attached hydrogens (tertiary/aromatic N) is 2. The highest BCUT2D eigenvalue weighted by Crippen LogP contribution is 2.33. The molecule has 23 heavy (non-hydrogen) atoms. The number of thiazole rings is 1. The number of hydrogen-bond donors (Lipinski definition) is 0. The molecule has 1 amide bonds.